The van der Waals surface area contributed by atoms with Crippen molar-refractivity contribution in [1.82, 2.24) is 0 Å². The average Bonchev–Trinajstić information content (AvgIpc) is 2.04. The van der Waals surface area contributed by atoms with Gasteiger partial charge in [0, 0.05) is 6.08 Å². The molecule has 0 aromatic rings. The molecule has 1 atom stereocenters. The lowest BCUT2D eigenvalue weighted by Gasteiger charge is -2.05. The van der Waals surface area contributed by atoms with Crippen molar-refractivity contribution in [1.29, 1.82) is 0 Å². The average molecular weight is 186 g/mol. The number of carboxylic acid groups (broad SMARTS) is 1. The quantitative estimate of drug-likeness (QED) is 0.472. The Balaban J connectivity index is 3.39. The number of aliphatic carboxylic acids is 1. The van der Waals surface area contributed by atoms with Crippen LogP contribution in [-0.2, 0) is 4.79 Å². The van der Waals surface area contributed by atoms with E-state index in [1.807, 2.05) is 0 Å². The number of hydrogen-bond acceptors (Lipinski definition) is 2. The van der Waals surface area contributed by atoms with Crippen molar-refractivity contribution < 1.29 is 15.0 Å². The number of carbonyl (C=O) groups is 1. The molecule has 0 rings (SSSR count). The Morgan fingerprint density at radius 1 is 1.46 bits per heavy atom. The maximum absolute atomic E-state index is 10.1. The van der Waals surface area contributed by atoms with E-state index in [2.05, 4.69) is 6.92 Å². The smallest absolute Gasteiger partial charge is 0.327 e. The number of aliphatic hydroxyl groups is 1. The van der Waals surface area contributed by atoms with E-state index in [4.69, 9.17) is 5.11 Å². The number of rotatable bonds is 7. The minimum absolute atomic E-state index is 0.387. The Bertz CT molecular complexity index is 164. The molecule has 0 radical (unpaired) electrons. The fourth-order valence-corrected chi connectivity index (χ4v) is 1.07. The molecule has 0 aliphatic rings. The van der Waals surface area contributed by atoms with Crippen LogP contribution in [0.1, 0.15) is 39.0 Å². The van der Waals surface area contributed by atoms with Gasteiger partial charge in [0.2, 0.25) is 0 Å². The second-order valence-corrected chi connectivity index (χ2v) is 3.13. The highest BCUT2D eigenvalue weighted by molar-refractivity contribution is 5.79. The summed E-state index contributed by atoms with van der Waals surface area (Å²) in [6.45, 7) is 2.11. The van der Waals surface area contributed by atoms with Crippen LogP contribution in [0.15, 0.2) is 12.2 Å². The van der Waals surface area contributed by atoms with Gasteiger partial charge in [0.15, 0.2) is 0 Å². The first-order chi connectivity index (χ1) is 6.16. The van der Waals surface area contributed by atoms with Crippen molar-refractivity contribution in [2.75, 3.05) is 0 Å². The fraction of sp³-hybridized carbons (Fsp3) is 0.700. The van der Waals surface area contributed by atoms with Gasteiger partial charge in [-0.15, -0.1) is 0 Å². The van der Waals surface area contributed by atoms with Crippen LogP contribution >= 0.6 is 0 Å². The van der Waals surface area contributed by atoms with Gasteiger partial charge in [-0.25, -0.2) is 4.79 Å². The third kappa shape index (κ3) is 9.08. The van der Waals surface area contributed by atoms with Gasteiger partial charge in [0.05, 0.1) is 6.10 Å². The highest BCUT2D eigenvalue weighted by atomic mass is 16.4. The van der Waals surface area contributed by atoms with Gasteiger partial charge in [0.1, 0.15) is 0 Å². The molecular weight excluding hydrogens is 168 g/mol. The summed E-state index contributed by atoms with van der Waals surface area (Å²) in [6.07, 6.45) is 6.66. The predicted octanol–water partition coefficient (Wildman–Crippen LogP) is 1.96. The van der Waals surface area contributed by atoms with Crippen LogP contribution in [0.2, 0.25) is 0 Å². The van der Waals surface area contributed by atoms with Crippen LogP contribution < -0.4 is 0 Å². The van der Waals surface area contributed by atoms with E-state index in [0.29, 0.717) is 6.42 Å². The zero-order valence-corrected chi connectivity index (χ0v) is 8.07. The SMILES string of the molecule is CCCCCC(O)C/C=C\C(=O)O. The predicted molar refractivity (Wildman–Crippen MR) is 51.5 cm³/mol. The molecule has 0 aliphatic carbocycles. The lowest BCUT2D eigenvalue weighted by atomic mass is 10.1. The number of carboxylic acids is 1. The largest absolute Gasteiger partial charge is 0.478 e. The van der Waals surface area contributed by atoms with Gasteiger partial charge in [-0.2, -0.15) is 0 Å². The molecule has 3 nitrogen and oxygen atoms in total. The summed E-state index contributed by atoms with van der Waals surface area (Å²) in [5, 5.41) is 17.6. The third-order valence-electron chi connectivity index (χ3n) is 1.81. The zero-order valence-electron chi connectivity index (χ0n) is 8.07. The monoisotopic (exact) mass is 186 g/mol. The number of hydrogen-bond donors (Lipinski definition) is 2. The van der Waals surface area contributed by atoms with Gasteiger partial charge in [-0.05, 0) is 12.8 Å². The summed E-state index contributed by atoms with van der Waals surface area (Å²) in [4.78, 5) is 10.1. The second kappa shape index (κ2) is 7.80. The molecule has 1 unspecified atom stereocenters. The molecule has 0 aliphatic heterocycles. The molecular formula is C10H18O3. The van der Waals surface area contributed by atoms with Gasteiger partial charge in [-0.1, -0.05) is 32.3 Å². The molecule has 3 heteroatoms. The van der Waals surface area contributed by atoms with Gasteiger partial charge < -0.3 is 10.2 Å². The van der Waals surface area contributed by atoms with Gasteiger partial charge >= 0.3 is 5.97 Å². The molecule has 0 amide bonds. The Hall–Kier alpha value is -0.830. The van der Waals surface area contributed by atoms with Gasteiger partial charge in [0.25, 0.3) is 0 Å². The van der Waals surface area contributed by atoms with Crippen LogP contribution in [-0.4, -0.2) is 22.3 Å². The van der Waals surface area contributed by atoms with Crippen molar-refractivity contribution in [3.8, 4) is 0 Å². The molecule has 0 bridgehead atoms. The van der Waals surface area contributed by atoms with Crippen LogP contribution in [0, 0.1) is 0 Å². The third-order valence-corrected chi connectivity index (χ3v) is 1.81. The van der Waals surface area contributed by atoms with Crippen molar-refractivity contribution >= 4 is 5.97 Å². The van der Waals surface area contributed by atoms with Crippen LogP contribution in [0.4, 0.5) is 0 Å². The highest BCUT2D eigenvalue weighted by Gasteiger charge is 2.00. The summed E-state index contributed by atoms with van der Waals surface area (Å²) in [6, 6.07) is 0. The molecule has 2 N–H and O–H groups in total. The summed E-state index contributed by atoms with van der Waals surface area (Å²) in [5.41, 5.74) is 0. The lowest BCUT2D eigenvalue weighted by Crippen LogP contribution is -2.04. The van der Waals surface area contributed by atoms with E-state index < -0.39 is 5.97 Å². The van der Waals surface area contributed by atoms with Crippen molar-refractivity contribution in [3.05, 3.63) is 12.2 Å². The maximum Gasteiger partial charge on any atom is 0.327 e. The Labute approximate surface area is 79.1 Å². The second-order valence-electron chi connectivity index (χ2n) is 3.13. The van der Waals surface area contributed by atoms with Crippen molar-refractivity contribution in [2.24, 2.45) is 0 Å². The first kappa shape index (κ1) is 12.2. The topological polar surface area (TPSA) is 57.5 Å². The van der Waals surface area contributed by atoms with E-state index >= 15 is 0 Å². The minimum atomic E-state index is -0.958. The standard InChI is InChI=1S/C10H18O3/c1-2-3-4-6-9(11)7-5-8-10(12)13/h5,8-9,11H,2-4,6-7H2,1H3,(H,12,13)/b8-5-. The number of unbranched alkanes of at least 4 members (excludes halogenated alkanes) is 2. The van der Waals surface area contributed by atoms with Crippen molar-refractivity contribution in [3.63, 3.8) is 0 Å². The Kier molecular flexibility index (Phi) is 7.30. The summed E-state index contributed by atoms with van der Waals surface area (Å²) in [5.74, 6) is -0.958. The minimum Gasteiger partial charge on any atom is -0.478 e. The summed E-state index contributed by atoms with van der Waals surface area (Å²) >= 11 is 0. The first-order valence-corrected chi connectivity index (χ1v) is 4.74. The van der Waals surface area contributed by atoms with Crippen LogP contribution in [0.3, 0.4) is 0 Å². The lowest BCUT2D eigenvalue weighted by molar-refractivity contribution is -0.131. The molecule has 0 aromatic carbocycles. The van der Waals surface area contributed by atoms with Crippen LogP contribution in [0.25, 0.3) is 0 Å². The number of aliphatic hydroxyl groups excluding tert-OH is 1. The molecule has 0 saturated carbocycles. The van der Waals surface area contributed by atoms with E-state index in [1.165, 1.54) is 6.08 Å². The van der Waals surface area contributed by atoms with E-state index in [9.17, 15) is 9.90 Å². The van der Waals surface area contributed by atoms with Crippen LogP contribution in [0.5, 0.6) is 0 Å². The molecule has 0 heterocycles. The fourth-order valence-electron chi connectivity index (χ4n) is 1.07. The molecule has 0 saturated heterocycles. The van der Waals surface area contributed by atoms with E-state index in [1.54, 1.807) is 0 Å². The maximum atomic E-state index is 10.1. The Morgan fingerprint density at radius 2 is 2.15 bits per heavy atom. The van der Waals surface area contributed by atoms with Crippen molar-refractivity contribution in [2.45, 2.75) is 45.1 Å². The highest BCUT2D eigenvalue weighted by Crippen LogP contribution is 2.06. The molecule has 0 aromatic heterocycles. The van der Waals surface area contributed by atoms with E-state index in [-0.39, 0.29) is 6.10 Å². The zero-order chi connectivity index (χ0) is 10.1. The van der Waals surface area contributed by atoms with E-state index in [0.717, 1.165) is 31.8 Å². The van der Waals surface area contributed by atoms with Gasteiger partial charge in [-0.3, -0.25) is 0 Å². The summed E-state index contributed by atoms with van der Waals surface area (Å²) < 4.78 is 0. The normalized spacial score (nSPS) is 13.4. The summed E-state index contributed by atoms with van der Waals surface area (Å²) in [7, 11) is 0. The molecule has 0 spiro atoms. The molecule has 13 heavy (non-hydrogen) atoms. The Morgan fingerprint density at radius 3 is 2.69 bits per heavy atom. The first-order valence-electron chi connectivity index (χ1n) is 4.74. The molecule has 76 valence electrons. The molecule has 0 fully saturated rings.